The van der Waals surface area contributed by atoms with Gasteiger partial charge in [0, 0.05) is 32.9 Å². The van der Waals surface area contributed by atoms with Crippen LogP contribution in [-0.4, -0.2) is 22.7 Å². The van der Waals surface area contributed by atoms with Gasteiger partial charge >= 0.3 is 5.97 Å². The molecule has 4 aromatic carbocycles. The van der Waals surface area contributed by atoms with E-state index in [2.05, 4.69) is 18.2 Å². The standard InChI is InChI=1S/C29H28ClNO4S/c1-17(2)16-31(36-26-15-25(29(33)34)28(32)24-8-6-5-7-23(24)26)20-9-11-21(12-10-20)35-22-13-18(3)27(30)19(4)14-22/h5-15,17,32H,16H2,1-4H3,(H,33,34). The van der Waals surface area contributed by atoms with Crippen LogP contribution < -0.4 is 9.04 Å². The molecule has 4 rings (SSSR count). The Morgan fingerprint density at radius 3 is 2.17 bits per heavy atom. The zero-order valence-electron chi connectivity index (χ0n) is 20.6. The molecule has 0 atom stereocenters. The highest BCUT2D eigenvalue weighted by molar-refractivity contribution is 8.00. The van der Waals surface area contributed by atoms with Crippen LogP contribution in [0.2, 0.25) is 5.02 Å². The van der Waals surface area contributed by atoms with E-state index in [4.69, 9.17) is 16.3 Å². The summed E-state index contributed by atoms with van der Waals surface area (Å²) in [6.45, 7) is 8.91. The lowest BCUT2D eigenvalue weighted by Gasteiger charge is -2.26. The third-order valence-electron chi connectivity index (χ3n) is 5.72. The van der Waals surface area contributed by atoms with E-state index in [1.54, 1.807) is 18.2 Å². The van der Waals surface area contributed by atoms with E-state index in [1.807, 2.05) is 62.4 Å². The lowest BCUT2D eigenvalue weighted by Crippen LogP contribution is -2.20. The molecule has 0 aliphatic carbocycles. The first kappa shape index (κ1) is 25.7. The van der Waals surface area contributed by atoms with Crippen molar-refractivity contribution in [1.82, 2.24) is 0 Å². The molecular weight excluding hydrogens is 494 g/mol. The molecule has 36 heavy (non-hydrogen) atoms. The van der Waals surface area contributed by atoms with Crippen LogP contribution in [0, 0.1) is 19.8 Å². The molecule has 0 unspecified atom stereocenters. The molecule has 5 nitrogen and oxygen atoms in total. The summed E-state index contributed by atoms with van der Waals surface area (Å²) in [4.78, 5) is 12.6. The third kappa shape index (κ3) is 5.55. The van der Waals surface area contributed by atoms with E-state index >= 15 is 0 Å². The maximum absolute atomic E-state index is 11.8. The Labute approximate surface area is 220 Å². The zero-order valence-corrected chi connectivity index (χ0v) is 22.2. The molecule has 0 aliphatic heterocycles. The number of carboxylic acid groups (broad SMARTS) is 1. The van der Waals surface area contributed by atoms with Crippen molar-refractivity contribution in [2.24, 2.45) is 5.92 Å². The van der Waals surface area contributed by atoms with Crippen molar-refractivity contribution < 1.29 is 19.7 Å². The molecule has 0 bridgehead atoms. The molecule has 0 saturated carbocycles. The van der Waals surface area contributed by atoms with E-state index in [0.717, 1.165) is 44.4 Å². The quantitative estimate of drug-likeness (QED) is 0.226. The molecular formula is C29H28ClNO4S. The number of halogens is 1. The van der Waals surface area contributed by atoms with Crippen LogP contribution in [0.3, 0.4) is 0 Å². The topological polar surface area (TPSA) is 70.0 Å². The van der Waals surface area contributed by atoms with Crippen LogP contribution in [0.1, 0.15) is 35.3 Å². The van der Waals surface area contributed by atoms with Crippen molar-refractivity contribution in [2.45, 2.75) is 32.6 Å². The summed E-state index contributed by atoms with van der Waals surface area (Å²) in [5.41, 5.74) is 2.77. The molecule has 7 heteroatoms. The van der Waals surface area contributed by atoms with Gasteiger partial charge in [-0.05, 0) is 85.3 Å². The van der Waals surface area contributed by atoms with Crippen LogP contribution in [0.25, 0.3) is 10.8 Å². The number of nitrogens with zero attached hydrogens (tertiary/aromatic N) is 1. The Kier molecular flexibility index (Phi) is 7.67. The van der Waals surface area contributed by atoms with Gasteiger partial charge in [-0.1, -0.05) is 49.7 Å². The molecule has 2 N–H and O–H groups in total. The smallest absolute Gasteiger partial charge is 0.339 e. The first-order valence-corrected chi connectivity index (χ1v) is 12.8. The largest absolute Gasteiger partial charge is 0.506 e. The molecule has 0 heterocycles. The Balaban J connectivity index is 1.65. The minimum Gasteiger partial charge on any atom is -0.506 e. The zero-order chi connectivity index (χ0) is 26.0. The number of aromatic hydroxyl groups is 1. The highest BCUT2D eigenvalue weighted by Crippen LogP contribution is 2.40. The number of hydrogen-bond donors (Lipinski definition) is 2. The maximum atomic E-state index is 11.8. The summed E-state index contributed by atoms with van der Waals surface area (Å²) in [5.74, 6) is 0.414. The first-order chi connectivity index (χ1) is 17.1. The summed E-state index contributed by atoms with van der Waals surface area (Å²) in [6, 6.07) is 20.5. The number of fused-ring (bicyclic) bond motifs is 1. The highest BCUT2D eigenvalue weighted by Gasteiger charge is 2.19. The van der Waals surface area contributed by atoms with Gasteiger partial charge in [-0.25, -0.2) is 4.79 Å². The lowest BCUT2D eigenvalue weighted by molar-refractivity contribution is 0.0693. The van der Waals surface area contributed by atoms with Gasteiger partial charge in [-0.3, -0.25) is 0 Å². The normalized spacial score (nSPS) is 11.2. The summed E-state index contributed by atoms with van der Waals surface area (Å²) in [6.07, 6.45) is 0. The Morgan fingerprint density at radius 1 is 0.972 bits per heavy atom. The second-order valence-electron chi connectivity index (χ2n) is 9.13. The van der Waals surface area contributed by atoms with Crippen molar-refractivity contribution in [3.63, 3.8) is 0 Å². The second-order valence-corrected chi connectivity index (χ2v) is 10.6. The van der Waals surface area contributed by atoms with E-state index < -0.39 is 5.97 Å². The monoisotopic (exact) mass is 521 g/mol. The van der Waals surface area contributed by atoms with Gasteiger partial charge in [0.25, 0.3) is 0 Å². The van der Waals surface area contributed by atoms with Gasteiger partial charge in [0.15, 0.2) is 0 Å². The van der Waals surface area contributed by atoms with Crippen LogP contribution >= 0.6 is 23.5 Å². The second kappa shape index (κ2) is 10.7. The number of anilines is 1. The molecule has 0 fully saturated rings. The SMILES string of the molecule is Cc1cc(Oc2ccc(N(CC(C)C)Sc3cc(C(=O)O)c(O)c4ccccc34)cc2)cc(C)c1Cl. The fraction of sp³-hybridized carbons (Fsp3) is 0.207. The van der Waals surface area contributed by atoms with E-state index in [-0.39, 0.29) is 11.3 Å². The number of ether oxygens (including phenoxy) is 1. The minimum absolute atomic E-state index is 0.113. The van der Waals surface area contributed by atoms with E-state index in [1.165, 1.54) is 11.9 Å². The Hall–Kier alpha value is -3.35. The average Bonchev–Trinajstić information content (AvgIpc) is 2.84. The molecule has 4 aromatic rings. The molecule has 186 valence electrons. The molecule has 0 radical (unpaired) electrons. The van der Waals surface area contributed by atoms with Crippen molar-refractivity contribution in [3.8, 4) is 17.2 Å². The van der Waals surface area contributed by atoms with Crippen LogP contribution in [0.5, 0.6) is 17.2 Å². The highest BCUT2D eigenvalue weighted by atomic mass is 35.5. The predicted molar refractivity (Wildman–Crippen MR) is 148 cm³/mol. The van der Waals surface area contributed by atoms with Gasteiger partial charge in [0.1, 0.15) is 22.8 Å². The summed E-state index contributed by atoms with van der Waals surface area (Å²) in [5, 5.41) is 22.2. The Morgan fingerprint density at radius 2 is 1.58 bits per heavy atom. The first-order valence-electron chi connectivity index (χ1n) is 11.6. The van der Waals surface area contributed by atoms with Gasteiger partial charge in [0.2, 0.25) is 0 Å². The number of hydrogen-bond acceptors (Lipinski definition) is 5. The van der Waals surface area contributed by atoms with Crippen LogP contribution in [-0.2, 0) is 0 Å². The minimum atomic E-state index is -1.16. The number of benzene rings is 4. The number of phenols is 1. The number of carbonyl (C=O) groups is 1. The lowest BCUT2D eigenvalue weighted by atomic mass is 10.1. The Bertz CT molecular complexity index is 1400. The summed E-state index contributed by atoms with van der Waals surface area (Å²) < 4.78 is 8.20. The molecule has 0 aromatic heterocycles. The van der Waals surface area contributed by atoms with Gasteiger partial charge in [-0.2, -0.15) is 0 Å². The van der Waals surface area contributed by atoms with Gasteiger partial charge < -0.3 is 19.3 Å². The van der Waals surface area contributed by atoms with E-state index in [9.17, 15) is 15.0 Å². The molecule has 0 spiro atoms. The third-order valence-corrected chi connectivity index (χ3v) is 7.43. The summed E-state index contributed by atoms with van der Waals surface area (Å²) >= 11 is 7.74. The van der Waals surface area contributed by atoms with Crippen molar-refractivity contribution in [2.75, 3.05) is 10.8 Å². The van der Waals surface area contributed by atoms with Crippen molar-refractivity contribution in [3.05, 3.63) is 88.4 Å². The number of rotatable bonds is 8. The van der Waals surface area contributed by atoms with Crippen LogP contribution in [0.4, 0.5) is 5.69 Å². The van der Waals surface area contributed by atoms with Crippen molar-refractivity contribution >= 4 is 46.0 Å². The van der Waals surface area contributed by atoms with Crippen molar-refractivity contribution in [1.29, 1.82) is 0 Å². The van der Waals surface area contributed by atoms with Crippen LogP contribution in [0.15, 0.2) is 71.6 Å². The molecule has 0 saturated heterocycles. The predicted octanol–water partition coefficient (Wildman–Crippen LogP) is 8.48. The average molecular weight is 522 g/mol. The maximum Gasteiger partial charge on any atom is 0.339 e. The number of aryl methyl sites for hydroxylation is 2. The number of carboxylic acids is 1. The molecule has 0 amide bonds. The number of aromatic carboxylic acids is 1. The van der Waals surface area contributed by atoms with Gasteiger partial charge in [0.05, 0.1) is 0 Å². The van der Waals surface area contributed by atoms with E-state index in [0.29, 0.717) is 17.1 Å². The fourth-order valence-corrected chi connectivity index (χ4v) is 5.39. The fourth-order valence-electron chi connectivity index (χ4n) is 3.99. The van der Waals surface area contributed by atoms with Gasteiger partial charge in [-0.15, -0.1) is 0 Å². The molecule has 0 aliphatic rings. The summed E-state index contributed by atoms with van der Waals surface area (Å²) in [7, 11) is 0.